The topological polar surface area (TPSA) is 32.3 Å². The molecule has 116 valence electrons. The molecule has 1 fully saturated rings. The predicted octanol–water partition coefficient (Wildman–Crippen LogP) is 3.49. The largest absolute Gasteiger partial charge is 0.350 e. The monoisotopic (exact) mass is 296 g/mol. The van der Waals surface area contributed by atoms with E-state index >= 15 is 0 Å². The zero-order valence-electron chi connectivity index (χ0n) is 13.4. The van der Waals surface area contributed by atoms with E-state index in [9.17, 15) is 0 Å². The maximum absolute atomic E-state index is 4.81. The summed E-state index contributed by atoms with van der Waals surface area (Å²) in [6.07, 6.45) is 4.37. The van der Waals surface area contributed by atoms with Crippen LogP contribution in [0.15, 0.2) is 42.6 Å². The number of anilines is 2. The average molecular weight is 296 g/mol. The summed E-state index contributed by atoms with van der Waals surface area (Å²) in [6, 6.07) is 13.0. The second kappa shape index (κ2) is 6.77. The van der Waals surface area contributed by atoms with E-state index in [0.29, 0.717) is 6.04 Å². The van der Waals surface area contributed by atoms with Gasteiger partial charge >= 0.3 is 0 Å². The molecule has 0 atom stereocenters. The smallest absolute Gasteiger partial charge is 0.227 e. The fraction of sp³-hybridized carbons (Fsp3) is 0.444. The van der Waals surface area contributed by atoms with Gasteiger partial charge < -0.3 is 9.80 Å². The van der Waals surface area contributed by atoms with E-state index in [1.807, 2.05) is 12.3 Å². The minimum absolute atomic E-state index is 0.390. The molecule has 1 aliphatic heterocycles. The molecule has 1 saturated heterocycles. The van der Waals surface area contributed by atoms with Gasteiger partial charge in [-0.15, -0.1) is 0 Å². The first-order chi connectivity index (χ1) is 10.7. The molecule has 0 bridgehead atoms. The van der Waals surface area contributed by atoms with Crippen molar-refractivity contribution >= 4 is 11.8 Å². The molecule has 0 saturated carbocycles. The van der Waals surface area contributed by atoms with Crippen LogP contribution in [-0.4, -0.2) is 29.1 Å². The van der Waals surface area contributed by atoms with Crippen LogP contribution in [0.25, 0.3) is 0 Å². The normalized spacial score (nSPS) is 14.6. The highest BCUT2D eigenvalue weighted by atomic mass is 15.3. The van der Waals surface area contributed by atoms with Crippen molar-refractivity contribution in [1.82, 2.24) is 9.97 Å². The summed E-state index contributed by atoms with van der Waals surface area (Å²) in [5.74, 6) is 1.88. The quantitative estimate of drug-likeness (QED) is 0.845. The van der Waals surface area contributed by atoms with Crippen LogP contribution in [-0.2, 0) is 6.54 Å². The van der Waals surface area contributed by atoms with Crippen molar-refractivity contribution in [2.45, 2.75) is 39.3 Å². The van der Waals surface area contributed by atoms with E-state index in [4.69, 9.17) is 4.98 Å². The van der Waals surface area contributed by atoms with Crippen molar-refractivity contribution in [1.29, 1.82) is 0 Å². The fourth-order valence-electron chi connectivity index (χ4n) is 2.88. The molecule has 0 radical (unpaired) electrons. The third-order valence-corrected chi connectivity index (χ3v) is 4.13. The van der Waals surface area contributed by atoms with E-state index in [2.05, 4.69) is 59.0 Å². The van der Waals surface area contributed by atoms with Crippen LogP contribution >= 0.6 is 0 Å². The molecule has 3 rings (SSSR count). The molecule has 1 aromatic heterocycles. The van der Waals surface area contributed by atoms with Crippen molar-refractivity contribution < 1.29 is 0 Å². The van der Waals surface area contributed by atoms with Gasteiger partial charge in [0.05, 0.1) is 0 Å². The van der Waals surface area contributed by atoms with Crippen molar-refractivity contribution in [2.75, 3.05) is 22.9 Å². The van der Waals surface area contributed by atoms with E-state index in [-0.39, 0.29) is 0 Å². The van der Waals surface area contributed by atoms with Crippen LogP contribution in [0, 0.1) is 0 Å². The van der Waals surface area contributed by atoms with Gasteiger partial charge in [-0.1, -0.05) is 30.3 Å². The van der Waals surface area contributed by atoms with E-state index in [0.717, 1.165) is 31.4 Å². The van der Waals surface area contributed by atoms with Gasteiger partial charge in [0, 0.05) is 31.9 Å². The highest BCUT2D eigenvalue weighted by Crippen LogP contribution is 2.22. The standard InChI is InChI=1S/C18H24N4/c1-15(2)22(14-16-8-4-3-5-9-16)17-10-11-19-18(20-17)21-12-6-7-13-21/h3-5,8-11,15H,6-7,12-14H2,1-2H3. The molecular weight excluding hydrogens is 272 g/mol. The van der Waals surface area contributed by atoms with Crippen LogP contribution in [0.2, 0.25) is 0 Å². The van der Waals surface area contributed by atoms with Crippen LogP contribution in [0.4, 0.5) is 11.8 Å². The van der Waals surface area contributed by atoms with E-state index < -0.39 is 0 Å². The first-order valence-electron chi connectivity index (χ1n) is 8.12. The second-order valence-corrected chi connectivity index (χ2v) is 6.12. The molecule has 4 heteroatoms. The summed E-state index contributed by atoms with van der Waals surface area (Å²) >= 11 is 0. The Bertz CT molecular complexity index is 591. The van der Waals surface area contributed by atoms with Gasteiger partial charge in [0.25, 0.3) is 0 Å². The lowest BCUT2D eigenvalue weighted by atomic mass is 10.2. The zero-order chi connectivity index (χ0) is 15.4. The zero-order valence-corrected chi connectivity index (χ0v) is 13.4. The van der Waals surface area contributed by atoms with Crippen molar-refractivity contribution in [3.05, 3.63) is 48.2 Å². The lowest BCUT2D eigenvalue weighted by Gasteiger charge is -2.29. The van der Waals surface area contributed by atoms with Crippen molar-refractivity contribution in [3.63, 3.8) is 0 Å². The minimum atomic E-state index is 0.390. The van der Waals surface area contributed by atoms with Gasteiger partial charge in [-0.25, -0.2) is 4.98 Å². The number of hydrogen-bond acceptors (Lipinski definition) is 4. The first kappa shape index (κ1) is 14.8. The Morgan fingerprint density at radius 1 is 1.09 bits per heavy atom. The third-order valence-electron chi connectivity index (χ3n) is 4.13. The van der Waals surface area contributed by atoms with E-state index in [1.165, 1.54) is 18.4 Å². The Kier molecular flexibility index (Phi) is 4.56. The number of aromatic nitrogens is 2. The Balaban J connectivity index is 1.83. The minimum Gasteiger partial charge on any atom is -0.350 e. The van der Waals surface area contributed by atoms with Gasteiger partial charge in [0.1, 0.15) is 5.82 Å². The maximum Gasteiger partial charge on any atom is 0.227 e. The maximum atomic E-state index is 4.81. The summed E-state index contributed by atoms with van der Waals surface area (Å²) < 4.78 is 0. The van der Waals surface area contributed by atoms with Crippen molar-refractivity contribution in [3.8, 4) is 0 Å². The number of rotatable bonds is 5. The molecule has 22 heavy (non-hydrogen) atoms. The molecule has 0 N–H and O–H groups in total. The molecular formula is C18H24N4. The molecule has 0 aliphatic carbocycles. The van der Waals surface area contributed by atoms with Crippen LogP contribution < -0.4 is 9.80 Å². The summed E-state index contributed by atoms with van der Waals surface area (Å²) in [6.45, 7) is 7.43. The Hall–Kier alpha value is -2.10. The SMILES string of the molecule is CC(C)N(Cc1ccccc1)c1ccnc(N2CCCC2)n1. The summed E-state index contributed by atoms with van der Waals surface area (Å²) in [5, 5.41) is 0. The molecule has 0 amide bonds. The van der Waals surface area contributed by atoms with E-state index in [1.54, 1.807) is 0 Å². The summed E-state index contributed by atoms with van der Waals surface area (Å²) in [7, 11) is 0. The molecule has 4 nitrogen and oxygen atoms in total. The Labute approximate surface area is 132 Å². The number of hydrogen-bond donors (Lipinski definition) is 0. The van der Waals surface area contributed by atoms with Crippen LogP contribution in [0.3, 0.4) is 0 Å². The number of benzene rings is 1. The summed E-state index contributed by atoms with van der Waals surface area (Å²) in [5.41, 5.74) is 1.30. The highest BCUT2D eigenvalue weighted by molar-refractivity contribution is 5.45. The van der Waals surface area contributed by atoms with Crippen molar-refractivity contribution in [2.24, 2.45) is 0 Å². The Morgan fingerprint density at radius 3 is 2.50 bits per heavy atom. The molecule has 2 heterocycles. The predicted molar refractivity (Wildman–Crippen MR) is 91.2 cm³/mol. The van der Waals surface area contributed by atoms with Gasteiger partial charge in [-0.05, 0) is 38.3 Å². The molecule has 1 aliphatic rings. The van der Waals surface area contributed by atoms with Crippen LogP contribution in [0.5, 0.6) is 0 Å². The molecule has 0 spiro atoms. The van der Waals surface area contributed by atoms with Gasteiger partial charge in [-0.2, -0.15) is 4.98 Å². The van der Waals surface area contributed by atoms with Gasteiger partial charge in [0.2, 0.25) is 5.95 Å². The van der Waals surface area contributed by atoms with Gasteiger partial charge in [-0.3, -0.25) is 0 Å². The molecule has 2 aromatic rings. The molecule has 1 aromatic carbocycles. The van der Waals surface area contributed by atoms with Gasteiger partial charge in [0.15, 0.2) is 0 Å². The highest BCUT2D eigenvalue weighted by Gasteiger charge is 2.18. The number of nitrogens with zero attached hydrogens (tertiary/aromatic N) is 4. The lowest BCUT2D eigenvalue weighted by Crippen LogP contribution is -2.31. The average Bonchev–Trinajstić information content (AvgIpc) is 3.08. The Morgan fingerprint density at radius 2 is 1.82 bits per heavy atom. The third kappa shape index (κ3) is 3.38. The fourth-order valence-corrected chi connectivity index (χ4v) is 2.88. The first-order valence-corrected chi connectivity index (χ1v) is 8.12. The molecule has 0 unspecified atom stereocenters. The van der Waals surface area contributed by atoms with Crippen LogP contribution in [0.1, 0.15) is 32.3 Å². The summed E-state index contributed by atoms with van der Waals surface area (Å²) in [4.78, 5) is 13.9. The lowest BCUT2D eigenvalue weighted by molar-refractivity contribution is 0.670. The second-order valence-electron chi connectivity index (χ2n) is 6.12.